The van der Waals surface area contributed by atoms with Gasteiger partial charge in [0.15, 0.2) is 0 Å². The summed E-state index contributed by atoms with van der Waals surface area (Å²) in [6.07, 6.45) is 1.02. The molecule has 0 aliphatic carbocycles. The summed E-state index contributed by atoms with van der Waals surface area (Å²) in [4.78, 5) is 26.5. The molecule has 1 aromatic carbocycles. The van der Waals surface area contributed by atoms with Gasteiger partial charge in [-0.1, -0.05) is 12.1 Å². The Morgan fingerprint density at radius 3 is 2.61 bits per heavy atom. The topological polar surface area (TPSA) is 103 Å². The van der Waals surface area contributed by atoms with E-state index in [2.05, 4.69) is 15.6 Å². The van der Waals surface area contributed by atoms with Crippen LogP contribution < -0.4 is 10.6 Å². The molecule has 124 valence electrons. The fourth-order valence-electron chi connectivity index (χ4n) is 2.08. The van der Waals surface area contributed by atoms with Gasteiger partial charge >= 0.3 is 6.09 Å². The Bertz CT molecular complexity index is 716. The summed E-state index contributed by atoms with van der Waals surface area (Å²) in [7, 11) is 0. The maximum absolute atomic E-state index is 12.1. The highest BCUT2D eigenvalue weighted by Crippen LogP contribution is 2.25. The Balaban J connectivity index is 1.85. The van der Waals surface area contributed by atoms with E-state index < -0.39 is 11.7 Å². The monoisotopic (exact) mass is 319 g/mol. The number of phenolic OH excluding ortho intramolecular Hbond substituents is 1. The number of hydrogen-bond acceptors (Lipinski definition) is 4. The molecule has 23 heavy (non-hydrogen) atoms. The van der Waals surface area contributed by atoms with E-state index in [1.165, 1.54) is 0 Å². The van der Waals surface area contributed by atoms with Crippen molar-refractivity contribution in [2.24, 2.45) is 0 Å². The van der Waals surface area contributed by atoms with Crippen LogP contribution in [0.2, 0.25) is 0 Å². The summed E-state index contributed by atoms with van der Waals surface area (Å²) >= 11 is 0. The van der Waals surface area contributed by atoms with E-state index in [9.17, 15) is 14.7 Å². The Morgan fingerprint density at radius 2 is 1.91 bits per heavy atom. The summed E-state index contributed by atoms with van der Waals surface area (Å²) in [6, 6.07) is 4.97. The molecule has 1 aromatic heterocycles. The van der Waals surface area contributed by atoms with Crippen LogP contribution in [0.25, 0.3) is 10.9 Å². The lowest BCUT2D eigenvalue weighted by molar-refractivity contribution is 0.0526. The van der Waals surface area contributed by atoms with E-state index in [4.69, 9.17) is 4.74 Å². The van der Waals surface area contributed by atoms with E-state index in [-0.39, 0.29) is 24.7 Å². The lowest BCUT2D eigenvalue weighted by atomic mass is 10.1. The minimum Gasteiger partial charge on any atom is -0.506 e. The van der Waals surface area contributed by atoms with Gasteiger partial charge in [-0.05, 0) is 26.8 Å². The Labute approximate surface area is 134 Å². The summed E-state index contributed by atoms with van der Waals surface area (Å²) in [5.41, 5.74) is 0.400. The molecule has 1 heterocycles. The molecule has 0 aliphatic rings. The second-order valence-corrected chi connectivity index (χ2v) is 6.09. The van der Waals surface area contributed by atoms with E-state index in [0.717, 1.165) is 0 Å². The van der Waals surface area contributed by atoms with Crippen molar-refractivity contribution in [3.8, 4) is 5.75 Å². The van der Waals surface area contributed by atoms with Crippen LogP contribution in [0.1, 0.15) is 31.1 Å². The number of benzene rings is 1. The van der Waals surface area contributed by atoms with Crippen LogP contribution in [-0.4, -0.2) is 40.8 Å². The third kappa shape index (κ3) is 4.38. The molecule has 0 aliphatic heterocycles. The lowest BCUT2D eigenvalue weighted by Crippen LogP contribution is -2.37. The van der Waals surface area contributed by atoms with Crippen LogP contribution in [0.4, 0.5) is 4.79 Å². The van der Waals surface area contributed by atoms with Crippen LogP contribution in [0.3, 0.4) is 0 Å². The van der Waals surface area contributed by atoms with Gasteiger partial charge in [0.25, 0.3) is 5.91 Å². The highest BCUT2D eigenvalue weighted by Gasteiger charge is 2.16. The zero-order valence-electron chi connectivity index (χ0n) is 13.4. The van der Waals surface area contributed by atoms with Gasteiger partial charge in [0.1, 0.15) is 11.4 Å². The first-order valence-electron chi connectivity index (χ1n) is 7.32. The van der Waals surface area contributed by atoms with Gasteiger partial charge in [0.2, 0.25) is 0 Å². The van der Waals surface area contributed by atoms with Crippen molar-refractivity contribution in [2.75, 3.05) is 13.1 Å². The zero-order valence-corrected chi connectivity index (χ0v) is 13.4. The van der Waals surface area contributed by atoms with Crippen molar-refractivity contribution < 1.29 is 19.4 Å². The van der Waals surface area contributed by atoms with E-state index in [0.29, 0.717) is 16.5 Å². The molecule has 2 aromatic rings. The van der Waals surface area contributed by atoms with Gasteiger partial charge in [-0.2, -0.15) is 0 Å². The molecule has 0 fully saturated rings. The number of nitrogens with one attached hydrogen (secondary N) is 3. The van der Waals surface area contributed by atoms with E-state index >= 15 is 0 Å². The predicted molar refractivity (Wildman–Crippen MR) is 86.5 cm³/mol. The second kappa shape index (κ2) is 6.60. The fourth-order valence-corrected chi connectivity index (χ4v) is 2.08. The third-order valence-corrected chi connectivity index (χ3v) is 3.02. The molecule has 0 spiro atoms. The molecule has 7 nitrogen and oxygen atoms in total. The molecular weight excluding hydrogens is 298 g/mol. The summed E-state index contributed by atoms with van der Waals surface area (Å²) < 4.78 is 5.09. The van der Waals surface area contributed by atoms with Crippen molar-refractivity contribution >= 4 is 22.9 Å². The van der Waals surface area contributed by atoms with Gasteiger partial charge < -0.3 is 25.5 Å². The number of amides is 2. The Hall–Kier alpha value is -2.70. The quantitative estimate of drug-likeness (QED) is 0.648. The van der Waals surface area contributed by atoms with Gasteiger partial charge in [-0.25, -0.2) is 4.79 Å². The normalized spacial score (nSPS) is 11.3. The summed E-state index contributed by atoms with van der Waals surface area (Å²) in [5.74, 6) is -0.194. The van der Waals surface area contributed by atoms with Crippen LogP contribution in [0.15, 0.2) is 24.4 Å². The van der Waals surface area contributed by atoms with Gasteiger partial charge in [-0.15, -0.1) is 0 Å². The van der Waals surface area contributed by atoms with Crippen LogP contribution in [0.5, 0.6) is 5.75 Å². The number of carbonyl (C=O) groups excluding carboxylic acids is 2. The largest absolute Gasteiger partial charge is 0.506 e. The highest BCUT2D eigenvalue weighted by atomic mass is 16.6. The van der Waals surface area contributed by atoms with Crippen molar-refractivity contribution in [3.63, 3.8) is 0 Å². The predicted octanol–water partition coefficient (Wildman–Crippen LogP) is 2.13. The number of phenols is 1. The SMILES string of the molecule is CC(C)(C)OC(=O)NCCNC(=O)c1c[nH]c2c(O)cccc12. The molecule has 7 heteroatoms. The molecule has 0 atom stereocenters. The van der Waals surface area contributed by atoms with Crippen LogP contribution >= 0.6 is 0 Å². The van der Waals surface area contributed by atoms with Gasteiger partial charge in [-0.3, -0.25) is 4.79 Å². The highest BCUT2D eigenvalue weighted by molar-refractivity contribution is 6.07. The standard InChI is InChI=1S/C16H21N3O4/c1-16(2,3)23-15(22)18-8-7-17-14(21)11-9-19-13-10(11)5-4-6-12(13)20/h4-6,9,19-20H,7-8H2,1-3H3,(H,17,21)(H,18,22). The van der Waals surface area contributed by atoms with Gasteiger partial charge in [0, 0.05) is 24.7 Å². The molecule has 2 amide bonds. The lowest BCUT2D eigenvalue weighted by Gasteiger charge is -2.19. The first-order chi connectivity index (χ1) is 10.8. The number of rotatable bonds is 4. The molecule has 0 unspecified atom stereocenters. The number of alkyl carbamates (subject to hydrolysis) is 1. The van der Waals surface area contributed by atoms with Crippen molar-refractivity contribution in [1.82, 2.24) is 15.6 Å². The molecule has 0 saturated carbocycles. The summed E-state index contributed by atoms with van der Waals surface area (Å²) in [5, 5.41) is 15.6. The smallest absolute Gasteiger partial charge is 0.407 e. The number of aromatic amines is 1. The molecule has 4 N–H and O–H groups in total. The minimum atomic E-state index is -0.556. The fraction of sp³-hybridized carbons (Fsp3) is 0.375. The average molecular weight is 319 g/mol. The van der Waals surface area contributed by atoms with E-state index in [1.807, 2.05) is 0 Å². The number of aromatic hydroxyl groups is 1. The minimum absolute atomic E-state index is 0.0909. The first-order valence-corrected chi connectivity index (χ1v) is 7.32. The number of para-hydroxylation sites is 1. The van der Waals surface area contributed by atoms with Crippen LogP contribution in [0, 0.1) is 0 Å². The number of aromatic nitrogens is 1. The second-order valence-electron chi connectivity index (χ2n) is 6.09. The van der Waals surface area contributed by atoms with Crippen molar-refractivity contribution in [3.05, 3.63) is 30.0 Å². The number of hydrogen-bond donors (Lipinski definition) is 4. The Kier molecular flexibility index (Phi) is 4.78. The van der Waals surface area contributed by atoms with Crippen molar-refractivity contribution in [2.45, 2.75) is 26.4 Å². The number of fused-ring (bicyclic) bond motifs is 1. The number of ether oxygens (including phenoxy) is 1. The number of H-pyrrole nitrogens is 1. The Morgan fingerprint density at radius 1 is 1.22 bits per heavy atom. The zero-order chi connectivity index (χ0) is 17.0. The van der Waals surface area contributed by atoms with Crippen molar-refractivity contribution in [1.29, 1.82) is 0 Å². The molecular formula is C16H21N3O4. The number of carbonyl (C=O) groups is 2. The molecule has 0 bridgehead atoms. The maximum Gasteiger partial charge on any atom is 0.407 e. The molecule has 0 saturated heterocycles. The first kappa shape index (κ1) is 16.7. The summed E-state index contributed by atoms with van der Waals surface area (Å²) in [6.45, 7) is 5.86. The van der Waals surface area contributed by atoms with E-state index in [1.54, 1.807) is 45.2 Å². The molecule has 2 rings (SSSR count). The third-order valence-electron chi connectivity index (χ3n) is 3.02. The molecule has 0 radical (unpaired) electrons. The average Bonchev–Trinajstić information content (AvgIpc) is 2.87. The van der Waals surface area contributed by atoms with Gasteiger partial charge in [0.05, 0.1) is 11.1 Å². The van der Waals surface area contributed by atoms with Crippen LogP contribution in [-0.2, 0) is 4.74 Å². The maximum atomic E-state index is 12.1.